The van der Waals surface area contributed by atoms with Crippen LogP contribution in [0.1, 0.15) is 10.5 Å². The molecule has 0 fully saturated rings. The largest absolute Gasteiger partial charge is 0.382 e. The number of carbonyl (C=O) groups excluding carboxylic acids is 1. The Morgan fingerprint density at radius 2 is 1.88 bits per heavy atom. The number of carbonyl (C=O) groups is 1. The molecule has 80 valence electrons. The topological polar surface area (TPSA) is 94.9 Å². The number of benzene rings is 1. The first-order chi connectivity index (χ1) is 7.68. The first-order valence-electron chi connectivity index (χ1n) is 4.66. The van der Waals surface area contributed by atoms with Crippen molar-refractivity contribution in [2.24, 2.45) is 5.73 Å². The Bertz CT molecular complexity index is 525. The lowest BCUT2D eigenvalue weighted by molar-refractivity contribution is 0.0996. The molecule has 0 atom stereocenters. The van der Waals surface area contributed by atoms with Crippen LogP contribution in [0.15, 0.2) is 36.5 Å². The van der Waals surface area contributed by atoms with Gasteiger partial charge in [0.05, 0.1) is 11.9 Å². The van der Waals surface area contributed by atoms with Crippen molar-refractivity contribution in [3.8, 4) is 11.3 Å². The third kappa shape index (κ3) is 1.83. The van der Waals surface area contributed by atoms with Gasteiger partial charge in [0.1, 0.15) is 0 Å². The van der Waals surface area contributed by atoms with Crippen LogP contribution in [0.2, 0.25) is 0 Å². The van der Waals surface area contributed by atoms with E-state index >= 15 is 0 Å². The number of nitrogens with zero attached hydrogens (tertiary/aromatic N) is 2. The molecule has 2 rings (SSSR count). The van der Waals surface area contributed by atoms with Gasteiger partial charge in [-0.2, -0.15) is 0 Å². The van der Waals surface area contributed by atoms with Gasteiger partial charge in [0.25, 0.3) is 5.91 Å². The van der Waals surface area contributed by atoms with E-state index in [1.165, 1.54) is 6.20 Å². The van der Waals surface area contributed by atoms with Crippen molar-refractivity contribution in [1.82, 2.24) is 9.97 Å². The van der Waals surface area contributed by atoms with Crippen LogP contribution < -0.4 is 11.5 Å². The molecule has 0 radical (unpaired) electrons. The third-order valence-electron chi connectivity index (χ3n) is 2.10. The molecule has 2 aromatic rings. The minimum Gasteiger partial charge on any atom is -0.382 e. The minimum absolute atomic E-state index is 0.00125. The second-order valence-corrected chi connectivity index (χ2v) is 3.22. The molecule has 0 aliphatic rings. The fourth-order valence-electron chi connectivity index (χ4n) is 1.33. The molecule has 5 nitrogen and oxygen atoms in total. The number of hydrogen-bond donors (Lipinski definition) is 2. The van der Waals surface area contributed by atoms with Crippen LogP contribution in [0.4, 0.5) is 5.82 Å². The van der Waals surface area contributed by atoms with Gasteiger partial charge in [0.2, 0.25) is 0 Å². The molecule has 1 heterocycles. The van der Waals surface area contributed by atoms with Crippen molar-refractivity contribution in [3.63, 3.8) is 0 Å². The normalized spacial score (nSPS) is 10.0. The van der Waals surface area contributed by atoms with Gasteiger partial charge in [-0.05, 0) is 0 Å². The monoisotopic (exact) mass is 214 g/mol. The third-order valence-corrected chi connectivity index (χ3v) is 2.10. The highest BCUT2D eigenvalue weighted by Crippen LogP contribution is 2.17. The Balaban J connectivity index is 2.52. The van der Waals surface area contributed by atoms with E-state index in [-0.39, 0.29) is 11.5 Å². The van der Waals surface area contributed by atoms with Crippen LogP contribution in [0.3, 0.4) is 0 Å². The predicted molar refractivity (Wildman–Crippen MR) is 60.4 cm³/mol. The molecule has 0 spiro atoms. The lowest BCUT2D eigenvalue weighted by atomic mass is 10.1. The zero-order chi connectivity index (χ0) is 11.5. The maximum atomic E-state index is 11.0. The molecule has 0 bridgehead atoms. The zero-order valence-corrected chi connectivity index (χ0v) is 8.42. The number of nitrogen functional groups attached to an aromatic ring is 1. The molecule has 0 saturated carbocycles. The van der Waals surface area contributed by atoms with E-state index < -0.39 is 5.91 Å². The highest BCUT2D eigenvalue weighted by atomic mass is 16.1. The van der Waals surface area contributed by atoms with Gasteiger partial charge in [0.15, 0.2) is 11.5 Å². The molecule has 0 unspecified atom stereocenters. The van der Waals surface area contributed by atoms with E-state index in [2.05, 4.69) is 9.97 Å². The van der Waals surface area contributed by atoms with E-state index in [1.54, 1.807) is 0 Å². The van der Waals surface area contributed by atoms with Crippen molar-refractivity contribution < 1.29 is 4.79 Å². The standard InChI is InChI=1S/C11H10N4O/c12-10-9(11(13)16)15-8(6-14-10)7-4-2-1-3-5-7/h1-6H,(H2,12,14)(H2,13,16). The smallest absolute Gasteiger partial charge is 0.271 e. The Hall–Kier alpha value is -2.43. The summed E-state index contributed by atoms with van der Waals surface area (Å²) in [4.78, 5) is 19.0. The van der Waals surface area contributed by atoms with Crippen molar-refractivity contribution in [3.05, 3.63) is 42.2 Å². The lowest BCUT2D eigenvalue weighted by Gasteiger charge is -2.03. The molecule has 1 aromatic heterocycles. The highest BCUT2D eigenvalue weighted by molar-refractivity contribution is 5.95. The Morgan fingerprint density at radius 1 is 1.19 bits per heavy atom. The van der Waals surface area contributed by atoms with Gasteiger partial charge in [-0.1, -0.05) is 30.3 Å². The summed E-state index contributed by atoms with van der Waals surface area (Å²) < 4.78 is 0. The van der Waals surface area contributed by atoms with Gasteiger partial charge in [-0.3, -0.25) is 4.79 Å². The maximum absolute atomic E-state index is 11.0. The SMILES string of the molecule is NC(=O)c1nc(-c2ccccc2)cnc1N. The maximum Gasteiger partial charge on any atom is 0.271 e. The van der Waals surface area contributed by atoms with Crippen LogP contribution in [0, 0.1) is 0 Å². The first kappa shape index (κ1) is 10.1. The molecule has 0 aliphatic heterocycles. The second kappa shape index (κ2) is 3.98. The summed E-state index contributed by atoms with van der Waals surface area (Å²) in [5.74, 6) is -0.630. The fourth-order valence-corrected chi connectivity index (χ4v) is 1.33. The molecule has 0 saturated heterocycles. The molecule has 1 aromatic carbocycles. The van der Waals surface area contributed by atoms with E-state index in [0.29, 0.717) is 5.69 Å². The van der Waals surface area contributed by atoms with Crippen LogP contribution >= 0.6 is 0 Å². The van der Waals surface area contributed by atoms with Crippen molar-refractivity contribution in [1.29, 1.82) is 0 Å². The summed E-state index contributed by atoms with van der Waals surface area (Å²) >= 11 is 0. The van der Waals surface area contributed by atoms with Gasteiger partial charge >= 0.3 is 0 Å². The van der Waals surface area contributed by atoms with Crippen LogP contribution in [0.25, 0.3) is 11.3 Å². The Morgan fingerprint density at radius 3 is 2.50 bits per heavy atom. The van der Waals surface area contributed by atoms with E-state index in [4.69, 9.17) is 11.5 Å². The average molecular weight is 214 g/mol. The van der Waals surface area contributed by atoms with Crippen molar-refractivity contribution in [2.45, 2.75) is 0 Å². The van der Waals surface area contributed by atoms with E-state index in [9.17, 15) is 4.79 Å². The summed E-state index contributed by atoms with van der Waals surface area (Å²) in [5.41, 5.74) is 12.1. The quantitative estimate of drug-likeness (QED) is 0.773. The summed E-state index contributed by atoms with van der Waals surface area (Å²) in [6.45, 7) is 0. The lowest BCUT2D eigenvalue weighted by Crippen LogP contribution is -2.16. The predicted octanol–water partition coefficient (Wildman–Crippen LogP) is 0.825. The molecular weight excluding hydrogens is 204 g/mol. The van der Waals surface area contributed by atoms with Crippen LogP contribution in [-0.4, -0.2) is 15.9 Å². The van der Waals surface area contributed by atoms with Gasteiger partial charge < -0.3 is 11.5 Å². The van der Waals surface area contributed by atoms with E-state index in [0.717, 1.165) is 5.56 Å². The second-order valence-electron chi connectivity index (χ2n) is 3.22. The summed E-state index contributed by atoms with van der Waals surface area (Å²) in [6, 6.07) is 9.37. The number of primary amides is 1. The summed E-state index contributed by atoms with van der Waals surface area (Å²) in [5, 5.41) is 0. The van der Waals surface area contributed by atoms with Crippen molar-refractivity contribution >= 4 is 11.7 Å². The molecule has 16 heavy (non-hydrogen) atoms. The van der Waals surface area contributed by atoms with E-state index in [1.807, 2.05) is 30.3 Å². The number of amides is 1. The number of hydrogen-bond acceptors (Lipinski definition) is 4. The van der Waals surface area contributed by atoms with Gasteiger partial charge in [0, 0.05) is 5.56 Å². The number of anilines is 1. The van der Waals surface area contributed by atoms with Crippen LogP contribution in [0.5, 0.6) is 0 Å². The average Bonchev–Trinajstić information content (AvgIpc) is 2.30. The number of nitrogens with two attached hydrogens (primary N) is 2. The molecule has 4 N–H and O–H groups in total. The summed E-state index contributed by atoms with van der Waals surface area (Å²) in [7, 11) is 0. The molecule has 0 aliphatic carbocycles. The zero-order valence-electron chi connectivity index (χ0n) is 8.42. The number of rotatable bonds is 2. The fraction of sp³-hybridized carbons (Fsp3) is 0. The molecular formula is C11H10N4O. The van der Waals surface area contributed by atoms with Gasteiger partial charge in [-0.25, -0.2) is 9.97 Å². The Kier molecular flexibility index (Phi) is 2.51. The number of aromatic nitrogens is 2. The molecule has 1 amide bonds. The van der Waals surface area contributed by atoms with Crippen molar-refractivity contribution in [2.75, 3.05) is 5.73 Å². The molecule has 5 heteroatoms. The Labute approximate surface area is 92.1 Å². The van der Waals surface area contributed by atoms with Crippen LogP contribution in [-0.2, 0) is 0 Å². The minimum atomic E-state index is -0.678. The highest BCUT2D eigenvalue weighted by Gasteiger charge is 2.10. The first-order valence-corrected chi connectivity index (χ1v) is 4.66. The van der Waals surface area contributed by atoms with Gasteiger partial charge in [-0.15, -0.1) is 0 Å². The summed E-state index contributed by atoms with van der Waals surface area (Å²) in [6.07, 6.45) is 1.51.